The zero-order chi connectivity index (χ0) is 18.1. The number of nitrogens with zero attached hydrogens (tertiary/aromatic N) is 1. The maximum atomic E-state index is 12.6. The Bertz CT molecular complexity index is 821. The van der Waals surface area contributed by atoms with Gasteiger partial charge in [-0.05, 0) is 30.5 Å². The molecule has 0 radical (unpaired) electrons. The van der Waals surface area contributed by atoms with E-state index in [1.807, 2.05) is 36.6 Å². The fraction of sp³-hybridized carbons (Fsp3) is 0.368. The minimum atomic E-state index is -0.349. The second kappa shape index (κ2) is 6.99. The van der Waals surface area contributed by atoms with Crippen LogP contribution in [0.5, 0.6) is 11.5 Å². The van der Waals surface area contributed by atoms with Gasteiger partial charge in [0.05, 0.1) is 12.0 Å². The number of nitrogens with one attached hydrogen (secondary N) is 1. The number of anilines is 1. The second-order valence-corrected chi connectivity index (χ2v) is 7.46. The normalized spacial score (nSPS) is 20.1. The van der Waals surface area contributed by atoms with E-state index in [0.717, 1.165) is 10.6 Å². The molecule has 0 unspecified atom stereocenters. The molecular weight excluding hydrogens is 352 g/mol. The highest BCUT2D eigenvalue weighted by atomic mass is 32.1. The highest BCUT2D eigenvalue weighted by Crippen LogP contribution is 2.36. The van der Waals surface area contributed by atoms with Gasteiger partial charge in [-0.3, -0.25) is 9.59 Å². The summed E-state index contributed by atoms with van der Waals surface area (Å²) >= 11 is 1.61. The number of hydrogen-bond donors (Lipinski definition) is 1. The lowest BCUT2D eigenvalue weighted by molar-refractivity contribution is -0.126. The number of thiophene rings is 1. The molecule has 6 nitrogen and oxygen atoms in total. The van der Waals surface area contributed by atoms with E-state index in [4.69, 9.17) is 9.47 Å². The summed E-state index contributed by atoms with van der Waals surface area (Å²) in [5.41, 5.74) is 0.737. The monoisotopic (exact) mass is 372 g/mol. The minimum absolute atomic E-state index is 0.0504. The number of carbonyl (C=O) groups excluding carboxylic acids is 2. The zero-order valence-electron chi connectivity index (χ0n) is 14.4. The third-order valence-electron chi connectivity index (χ3n) is 4.66. The Labute approximate surface area is 155 Å². The molecule has 2 amide bonds. The molecule has 2 atom stereocenters. The van der Waals surface area contributed by atoms with Gasteiger partial charge in [-0.1, -0.05) is 6.07 Å². The summed E-state index contributed by atoms with van der Waals surface area (Å²) < 4.78 is 11.1. The van der Waals surface area contributed by atoms with Crippen LogP contribution in [0.3, 0.4) is 0 Å². The van der Waals surface area contributed by atoms with Crippen LogP contribution in [-0.2, 0) is 9.59 Å². The molecule has 1 saturated heterocycles. The van der Waals surface area contributed by atoms with E-state index in [1.165, 1.54) is 0 Å². The molecule has 26 heavy (non-hydrogen) atoms. The molecule has 2 aliphatic heterocycles. The smallest absolute Gasteiger partial charge is 0.227 e. The maximum Gasteiger partial charge on any atom is 0.227 e. The van der Waals surface area contributed by atoms with Gasteiger partial charge in [0, 0.05) is 29.6 Å². The van der Waals surface area contributed by atoms with Crippen molar-refractivity contribution >= 4 is 28.8 Å². The fourth-order valence-electron chi connectivity index (χ4n) is 3.27. The standard InChI is InChI=1S/C19H20N2O4S/c1-12(17-3-2-8-26-17)20-19(23)13-9-18(22)21(11-13)14-4-5-15-16(10-14)25-7-6-24-15/h2-5,8,10,12-13H,6-7,9,11H2,1H3,(H,20,23)/t12-,13+/m1/s1. The maximum absolute atomic E-state index is 12.6. The van der Waals surface area contributed by atoms with E-state index in [2.05, 4.69) is 5.32 Å². The number of ether oxygens (including phenoxy) is 2. The number of hydrogen-bond acceptors (Lipinski definition) is 5. The van der Waals surface area contributed by atoms with E-state index >= 15 is 0 Å². The summed E-state index contributed by atoms with van der Waals surface area (Å²) in [6, 6.07) is 9.35. The molecule has 2 aromatic rings. The van der Waals surface area contributed by atoms with Crippen molar-refractivity contribution in [2.75, 3.05) is 24.7 Å². The summed E-state index contributed by atoms with van der Waals surface area (Å²) in [4.78, 5) is 27.8. The molecule has 0 spiro atoms. The molecular formula is C19H20N2O4S. The van der Waals surface area contributed by atoms with Crippen molar-refractivity contribution in [3.8, 4) is 11.5 Å². The fourth-order valence-corrected chi connectivity index (χ4v) is 4.01. The van der Waals surface area contributed by atoms with Crippen LogP contribution in [0, 0.1) is 5.92 Å². The molecule has 0 saturated carbocycles. The topological polar surface area (TPSA) is 67.9 Å². The average molecular weight is 372 g/mol. The molecule has 1 N–H and O–H groups in total. The summed E-state index contributed by atoms with van der Waals surface area (Å²) in [7, 11) is 0. The summed E-state index contributed by atoms with van der Waals surface area (Å²) in [6.07, 6.45) is 0.220. The molecule has 1 fully saturated rings. The van der Waals surface area contributed by atoms with Crippen molar-refractivity contribution in [3.05, 3.63) is 40.6 Å². The summed E-state index contributed by atoms with van der Waals surface area (Å²) in [5.74, 6) is 0.842. The van der Waals surface area contributed by atoms with Crippen LogP contribution in [0.25, 0.3) is 0 Å². The third-order valence-corrected chi connectivity index (χ3v) is 5.72. The quantitative estimate of drug-likeness (QED) is 0.896. The largest absolute Gasteiger partial charge is 0.486 e. The second-order valence-electron chi connectivity index (χ2n) is 6.48. The lowest BCUT2D eigenvalue weighted by Gasteiger charge is -2.22. The number of carbonyl (C=O) groups is 2. The van der Waals surface area contributed by atoms with Gasteiger partial charge in [0.25, 0.3) is 0 Å². The molecule has 1 aromatic carbocycles. The number of rotatable bonds is 4. The Balaban J connectivity index is 1.44. The van der Waals surface area contributed by atoms with E-state index in [-0.39, 0.29) is 30.2 Å². The SMILES string of the molecule is C[C@@H](NC(=O)[C@H]1CC(=O)N(c2ccc3c(c2)OCCO3)C1)c1cccs1. The Hall–Kier alpha value is -2.54. The van der Waals surface area contributed by atoms with E-state index in [9.17, 15) is 9.59 Å². The first kappa shape index (κ1) is 16.9. The van der Waals surface area contributed by atoms with Crippen LogP contribution in [-0.4, -0.2) is 31.6 Å². The first-order valence-electron chi connectivity index (χ1n) is 8.65. The molecule has 0 bridgehead atoms. The molecule has 4 rings (SSSR count). The van der Waals surface area contributed by atoms with Gasteiger partial charge in [-0.15, -0.1) is 11.3 Å². The van der Waals surface area contributed by atoms with Crippen LogP contribution in [0.4, 0.5) is 5.69 Å². The van der Waals surface area contributed by atoms with Crippen LogP contribution < -0.4 is 19.7 Å². The van der Waals surface area contributed by atoms with E-state index in [1.54, 1.807) is 22.3 Å². The van der Waals surface area contributed by atoms with Crippen LogP contribution in [0.2, 0.25) is 0 Å². The molecule has 0 aliphatic carbocycles. The summed E-state index contributed by atoms with van der Waals surface area (Å²) in [5, 5.41) is 5.00. The van der Waals surface area contributed by atoms with Gasteiger partial charge < -0.3 is 19.7 Å². The summed E-state index contributed by atoms with van der Waals surface area (Å²) in [6.45, 7) is 3.36. The Morgan fingerprint density at radius 3 is 2.85 bits per heavy atom. The number of fused-ring (bicyclic) bond motifs is 1. The predicted molar refractivity (Wildman–Crippen MR) is 98.8 cm³/mol. The zero-order valence-corrected chi connectivity index (χ0v) is 15.3. The first-order chi connectivity index (χ1) is 12.6. The first-order valence-corrected chi connectivity index (χ1v) is 9.53. The van der Waals surface area contributed by atoms with Gasteiger partial charge in [0.2, 0.25) is 11.8 Å². The van der Waals surface area contributed by atoms with Crippen molar-refractivity contribution in [1.82, 2.24) is 5.32 Å². The lowest BCUT2D eigenvalue weighted by atomic mass is 10.1. The van der Waals surface area contributed by atoms with Crippen molar-refractivity contribution in [2.45, 2.75) is 19.4 Å². The van der Waals surface area contributed by atoms with Gasteiger partial charge in [-0.2, -0.15) is 0 Å². The van der Waals surface area contributed by atoms with Crippen LogP contribution in [0.1, 0.15) is 24.3 Å². The van der Waals surface area contributed by atoms with Gasteiger partial charge in [0.1, 0.15) is 13.2 Å². The Morgan fingerprint density at radius 2 is 2.08 bits per heavy atom. The Morgan fingerprint density at radius 1 is 1.27 bits per heavy atom. The Kier molecular flexibility index (Phi) is 4.55. The molecule has 3 heterocycles. The van der Waals surface area contributed by atoms with E-state index < -0.39 is 0 Å². The van der Waals surface area contributed by atoms with Gasteiger partial charge >= 0.3 is 0 Å². The van der Waals surface area contributed by atoms with Crippen molar-refractivity contribution in [1.29, 1.82) is 0 Å². The van der Waals surface area contributed by atoms with Gasteiger partial charge in [0.15, 0.2) is 11.5 Å². The van der Waals surface area contributed by atoms with E-state index in [0.29, 0.717) is 31.3 Å². The van der Waals surface area contributed by atoms with Crippen molar-refractivity contribution in [2.24, 2.45) is 5.92 Å². The third kappa shape index (κ3) is 3.26. The predicted octanol–water partition coefficient (Wildman–Crippen LogP) is 2.75. The average Bonchev–Trinajstić information content (AvgIpc) is 3.31. The highest BCUT2D eigenvalue weighted by molar-refractivity contribution is 7.10. The molecule has 1 aromatic heterocycles. The van der Waals surface area contributed by atoms with Crippen LogP contribution in [0.15, 0.2) is 35.7 Å². The van der Waals surface area contributed by atoms with Crippen molar-refractivity contribution < 1.29 is 19.1 Å². The van der Waals surface area contributed by atoms with Gasteiger partial charge in [-0.25, -0.2) is 0 Å². The highest BCUT2D eigenvalue weighted by Gasteiger charge is 2.36. The minimum Gasteiger partial charge on any atom is -0.486 e. The van der Waals surface area contributed by atoms with Crippen LogP contribution >= 0.6 is 11.3 Å². The molecule has 2 aliphatic rings. The lowest BCUT2D eigenvalue weighted by Crippen LogP contribution is -2.34. The molecule has 136 valence electrons. The number of benzene rings is 1. The molecule has 7 heteroatoms. The number of amides is 2. The van der Waals surface area contributed by atoms with Crippen molar-refractivity contribution in [3.63, 3.8) is 0 Å².